The molecule has 0 aliphatic heterocycles. The van der Waals surface area contributed by atoms with Gasteiger partial charge in [0.15, 0.2) is 0 Å². The zero-order valence-electron chi connectivity index (χ0n) is 12.8. The van der Waals surface area contributed by atoms with Gasteiger partial charge in [-0.15, -0.1) is 0 Å². The average molecular weight is 276 g/mol. The number of carbonyl (C=O) groups is 1. The molecule has 0 heterocycles. The Bertz CT molecular complexity index is 346. The van der Waals surface area contributed by atoms with Crippen molar-refractivity contribution in [1.29, 1.82) is 0 Å². The van der Waals surface area contributed by atoms with Gasteiger partial charge in [0.25, 0.3) is 0 Å². The van der Waals surface area contributed by atoms with Gasteiger partial charge in [0.05, 0.1) is 0 Å². The molecule has 0 radical (unpaired) electrons. The summed E-state index contributed by atoms with van der Waals surface area (Å²) in [4.78, 5) is 11.6. The molecule has 0 spiro atoms. The zero-order chi connectivity index (χ0) is 14.5. The highest BCUT2D eigenvalue weighted by Gasteiger charge is 2.03. The van der Waals surface area contributed by atoms with Crippen LogP contribution in [0.4, 0.5) is 0 Å². The lowest BCUT2D eigenvalue weighted by atomic mass is 10.1. The van der Waals surface area contributed by atoms with Gasteiger partial charge in [0.1, 0.15) is 5.75 Å². The fraction of sp³-hybridized carbons (Fsp3) is 0.611. The van der Waals surface area contributed by atoms with Crippen molar-refractivity contribution in [1.82, 2.24) is 0 Å². The van der Waals surface area contributed by atoms with Crippen LogP contribution in [0.25, 0.3) is 0 Å². The molecule has 0 unspecified atom stereocenters. The Labute approximate surface area is 123 Å². The minimum atomic E-state index is -0.112. The molecular formula is C18H28O2. The van der Waals surface area contributed by atoms with E-state index in [4.69, 9.17) is 4.74 Å². The lowest BCUT2D eigenvalue weighted by Gasteiger charge is -2.04. The second-order valence-corrected chi connectivity index (χ2v) is 5.37. The normalized spacial score (nSPS) is 10.4. The van der Waals surface area contributed by atoms with E-state index >= 15 is 0 Å². The summed E-state index contributed by atoms with van der Waals surface area (Å²) in [6.45, 7) is 2.24. The van der Waals surface area contributed by atoms with Gasteiger partial charge in [0.2, 0.25) is 0 Å². The summed E-state index contributed by atoms with van der Waals surface area (Å²) in [5.41, 5.74) is 0. The first-order chi connectivity index (χ1) is 9.83. The number of benzene rings is 1. The minimum absolute atomic E-state index is 0.112. The first kappa shape index (κ1) is 16.7. The molecule has 2 nitrogen and oxygen atoms in total. The van der Waals surface area contributed by atoms with E-state index in [1.165, 1.54) is 44.9 Å². The highest BCUT2D eigenvalue weighted by Crippen LogP contribution is 2.12. The lowest BCUT2D eigenvalue weighted by molar-refractivity contribution is -0.134. The smallest absolute Gasteiger partial charge is 0.311 e. The molecule has 0 N–H and O–H groups in total. The van der Waals surface area contributed by atoms with E-state index in [9.17, 15) is 4.79 Å². The van der Waals surface area contributed by atoms with E-state index in [1.54, 1.807) is 0 Å². The van der Waals surface area contributed by atoms with Crippen LogP contribution in [0.3, 0.4) is 0 Å². The summed E-state index contributed by atoms with van der Waals surface area (Å²) in [5.74, 6) is 0.535. The molecule has 0 amide bonds. The Morgan fingerprint density at radius 2 is 1.40 bits per heavy atom. The van der Waals surface area contributed by atoms with Crippen LogP contribution in [0.15, 0.2) is 30.3 Å². The molecule has 112 valence electrons. The molecule has 0 fully saturated rings. The molecule has 2 heteroatoms. The molecule has 0 atom stereocenters. The summed E-state index contributed by atoms with van der Waals surface area (Å²) in [6.07, 6.45) is 11.9. The number of carbonyl (C=O) groups excluding carboxylic acids is 1. The van der Waals surface area contributed by atoms with Gasteiger partial charge in [0, 0.05) is 6.42 Å². The van der Waals surface area contributed by atoms with Crippen molar-refractivity contribution in [2.45, 2.75) is 71.1 Å². The largest absolute Gasteiger partial charge is 0.427 e. The number of rotatable bonds is 11. The maximum atomic E-state index is 11.6. The maximum Gasteiger partial charge on any atom is 0.311 e. The van der Waals surface area contributed by atoms with Gasteiger partial charge in [-0.2, -0.15) is 0 Å². The van der Waals surface area contributed by atoms with Crippen LogP contribution in [0, 0.1) is 0 Å². The van der Waals surface area contributed by atoms with Crippen LogP contribution in [0.2, 0.25) is 0 Å². The maximum absolute atomic E-state index is 11.6. The highest BCUT2D eigenvalue weighted by molar-refractivity contribution is 5.72. The summed E-state index contributed by atoms with van der Waals surface area (Å²) < 4.78 is 5.25. The van der Waals surface area contributed by atoms with Gasteiger partial charge < -0.3 is 4.74 Å². The second kappa shape index (κ2) is 11.5. The Morgan fingerprint density at radius 1 is 0.850 bits per heavy atom. The van der Waals surface area contributed by atoms with Crippen LogP contribution in [0.1, 0.15) is 71.1 Å². The van der Waals surface area contributed by atoms with Crippen LogP contribution in [0.5, 0.6) is 5.75 Å². The molecule has 0 saturated carbocycles. The van der Waals surface area contributed by atoms with Gasteiger partial charge in [-0.3, -0.25) is 4.79 Å². The Morgan fingerprint density at radius 3 is 2.00 bits per heavy atom. The molecule has 1 aromatic carbocycles. The van der Waals surface area contributed by atoms with Crippen LogP contribution < -0.4 is 4.74 Å². The molecule has 1 aromatic rings. The molecule has 20 heavy (non-hydrogen) atoms. The van der Waals surface area contributed by atoms with Crippen molar-refractivity contribution in [3.8, 4) is 5.75 Å². The van der Waals surface area contributed by atoms with E-state index in [0.717, 1.165) is 12.8 Å². The summed E-state index contributed by atoms with van der Waals surface area (Å²) in [5, 5.41) is 0. The van der Waals surface area contributed by atoms with Crippen molar-refractivity contribution in [3.63, 3.8) is 0 Å². The first-order valence-electron chi connectivity index (χ1n) is 8.08. The van der Waals surface area contributed by atoms with Crippen LogP contribution in [-0.4, -0.2) is 5.97 Å². The molecule has 0 aliphatic rings. The van der Waals surface area contributed by atoms with E-state index in [0.29, 0.717) is 12.2 Å². The van der Waals surface area contributed by atoms with Crippen molar-refractivity contribution in [2.24, 2.45) is 0 Å². The molecule has 0 aliphatic carbocycles. The fourth-order valence-corrected chi connectivity index (χ4v) is 2.25. The summed E-state index contributed by atoms with van der Waals surface area (Å²) in [7, 11) is 0. The third-order valence-electron chi connectivity index (χ3n) is 3.46. The van der Waals surface area contributed by atoms with Gasteiger partial charge >= 0.3 is 5.97 Å². The summed E-state index contributed by atoms with van der Waals surface area (Å²) >= 11 is 0. The predicted octanol–water partition coefficient (Wildman–Crippen LogP) is 5.51. The van der Waals surface area contributed by atoms with E-state index in [1.807, 2.05) is 30.3 Å². The topological polar surface area (TPSA) is 26.3 Å². The Balaban J connectivity index is 1.92. The first-order valence-corrected chi connectivity index (χ1v) is 8.08. The number of hydrogen-bond acceptors (Lipinski definition) is 2. The van der Waals surface area contributed by atoms with Crippen LogP contribution in [-0.2, 0) is 4.79 Å². The van der Waals surface area contributed by atoms with Crippen molar-refractivity contribution >= 4 is 5.97 Å². The monoisotopic (exact) mass is 276 g/mol. The second-order valence-electron chi connectivity index (χ2n) is 5.37. The molecule has 0 saturated heterocycles. The number of esters is 1. The van der Waals surface area contributed by atoms with Gasteiger partial charge in [-0.05, 0) is 18.6 Å². The Hall–Kier alpha value is -1.31. The molecule has 1 rings (SSSR count). The average Bonchev–Trinajstić information content (AvgIpc) is 2.46. The van der Waals surface area contributed by atoms with E-state index < -0.39 is 0 Å². The zero-order valence-corrected chi connectivity index (χ0v) is 12.8. The molecule has 0 bridgehead atoms. The quantitative estimate of drug-likeness (QED) is 0.302. The van der Waals surface area contributed by atoms with E-state index in [2.05, 4.69) is 6.92 Å². The van der Waals surface area contributed by atoms with Gasteiger partial charge in [-0.1, -0.05) is 76.5 Å². The molecule has 0 aromatic heterocycles. The number of para-hydroxylation sites is 1. The molecular weight excluding hydrogens is 248 g/mol. The third kappa shape index (κ3) is 8.73. The van der Waals surface area contributed by atoms with E-state index in [-0.39, 0.29) is 5.97 Å². The van der Waals surface area contributed by atoms with Crippen molar-refractivity contribution in [2.75, 3.05) is 0 Å². The van der Waals surface area contributed by atoms with Crippen LogP contribution >= 0.6 is 0 Å². The fourth-order valence-electron chi connectivity index (χ4n) is 2.25. The van der Waals surface area contributed by atoms with Crippen molar-refractivity contribution in [3.05, 3.63) is 30.3 Å². The third-order valence-corrected chi connectivity index (χ3v) is 3.46. The highest BCUT2D eigenvalue weighted by atomic mass is 16.5. The number of ether oxygens (including phenoxy) is 1. The van der Waals surface area contributed by atoms with Crippen molar-refractivity contribution < 1.29 is 9.53 Å². The lowest BCUT2D eigenvalue weighted by Crippen LogP contribution is -2.07. The van der Waals surface area contributed by atoms with Gasteiger partial charge in [-0.25, -0.2) is 0 Å². The number of hydrogen-bond donors (Lipinski definition) is 0. The predicted molar refractivity (Wildman–Crippen MR) is 83.9 cm³/mol. The minimum Gasteiger partial charge on any atom is -0.427 e. The Kier molecular flexibility index (Phi) is 9.64. The summed E-state index contributed by atoms with van der Waals surface area (Å²) in [6, 6.07) is 9.29. The SMILES string of the molecule is CCCCCCCCCCCC(=O)Oc1ccccc1. The number of unbranched alkanes of at least 4 members (excludes halogenated alkanes) is 8. The standard InChI is InChI=1S/C18H28O2/c1-2-3-4-5-6-7-8-9-13-16-18(19)20-17-14-11-10-12-15-17/h10-12,14-15H,2-9,13,16H2,1H3.